The standard InChI is InChI=1S/C19H21FN2O3/c20-15-3-1-2-13(10-15)17-5-4-14(11-21-17)18(24)22-16-6-8-19(25,12-23)9-7-16/h1-5,10-11,16,23,25H,6-9,12H2,(H,22,24). The average Bonchev–Trinajstić information content (AvgIpc) is 2.64. The van der Waals surface area contributed by atoms with E-state index in [0.29, 0.717) is 42.5 Å². The van der Waals surface area contributed by atoms with E-state index in [1.807, 2.05) is 0 Å². The molecule has 1 aromatic carbocycles. The molecule has 0 bridgehead atoms. The summed E-state index contributed by atoms with van der Waals surface area (Å²) in [6.07, 6.45) is 3.65. The summed E-state index contributed by atoms with van der Waals surface area (Å²) in [5.74, 6) is -0.556. The van der Waals surface area contributed by atoms with Crippen molar-refractivity contribution in [2.45, 2.75) is 37.3 Å². The highest BCUT2D eigenvalue weighted by Crippen LogP contribution is 2.28. The minimum Gasteiger partial charge on any atom is -0.393 e. The zero-order valence-corrected chi connectivity index (χ0v) is 13.8. The van der Waals surface area contributed by atoms with Gasteiger partial charge in [0.05, 0.1) is 23.5 Å². The van der Waals surface area contributed by atoms with Gasteiger partial charge in [-0.2, -0.15) is 0 Å². The Morgan fingerprint density at radius 1 is 1.28 bits per heavy atom. The molecule has 0 aliphatic heterocycles. The van der Waals surface area contributed by atoms with Gasteiger partial charge in [-0.3, -0.25) is 9.78 Å². The van der Waals surface area contributed by atoms with E-state index in [9.17, 15) is 14.3 Å². The van der Waals surface area contributed by atoms with E-state index < -0.39 is 5.60 Å². The number of hydrogen-bond acceptors (Lipinski definition) is 4. The van der Waals surface area contributed by atoms with E-state index in [1.165, 1.54) is 18.3 Å². The Kier molecular flexibility index (Phi) is 5.11. The summed E-state index contributed by atoms with van der Waals surface area (Å²) < 4.78 is 13.3. The third kappa shape index (κ3) is 4.21. The molecule has 1 heterocycles. The number of amides is 1. The van der Waals surface area contributed by atoms with Gasteiger partial charge in [-0.15, -0.1) is 0 Å². The smallest absolute Gasteiger partial charge is 0.253 e. The molecule has 5 nitrogen and oxygen atoms in total. The molecule has 0 radical (unpaired) electrons. The van der Waals surface area contributed by atoms with Crippen LogP contribution in [0, 0.1) is 5.82 Å². The summed E-state index contributed by atoms with van der Waals surface area (Å²) >= 11 is 0. The van der Waals surface area contributed by atoms with Crippen molar-refractivity contribution >= 4 is 5.91 Å². The molecule has 3 N–H and O–H groups in total. The van der Waals surface area contributed by atoms with Gasteiger partial charge in [0.25, 0.3) is 5.91 Å². The van der Waals surface area contributed by atoms with E-state index in [2.05, 4.69) is 10.3 Å². The van der Waals surface area contributed by atoms with Gasteiger partial charge in [0, 0.05) is 17.8 Å². The second-order valence-corrected chi connectivity index (χ2v) is 6.57. The van der Waals surface area contributed by atoms with Crippen molar-refractivity contribution in [2.75, 3.05) is 6.61 Å². The Balaban J connectivity index is 1.62. The lowest BCUT2D eigenvalue weighted by Crippen LogP contribution is -2.45. The number of nitrogens with zero attached hydrogens (tertiary/aromatic N) is 1. The fraction of sp³-hybridized carbons (Fsp3) is 0.368. The number of carbonyl (C=O) groups is 1. The molecule has 0 unspecified atom stereocenters. The third-order valence-corrected chi connectivity index (χ3v) is 4.69. The second-order valence-electron chi connectivity index (χ2n) is 6.57. The first-order chi connectivity index (χ1) is 12.0. The first-order valence-electron chi connectivity index (χ1n) is 8.35. The minimum absolute atomic E-state index is 0.0257. The largest absolute Gasteiger partial charge is 0.393 e. The Morgan fingerprint density at radius 2 is 2.04 bits per heavy atom. The summed E-state index contributed by atoms with van der Waals surface area (Å²) in [7, 11) is 0. The second kappa shape index (κ2) is 7.29. The summed E-state index contributed by atoms with van der Waals surface area (Å²) in [6.45, 7) is -0.251. The van der Waals surface area contributed by atoms with E-state index in [4.69, 9.17) is 5.11 Å². The van der Waals surface area contributed by atoms with E-state index in [-0.39, 0.29) is 24.4 Å². The number of pyridine rings is 1. The molecule has 25 heavy (non-hydrogen) atoms. The monoisotopic (exact) mass is 344 g/mol. The van der Waals surface area contributed by atoms with Crippen LogP contribution < -0.4 is 5.32 Å². The molecule has 1 aromatic heterocycles. The molecule has 2 aromatic rings. The van der Waals surface area contributed by atoms with Gasteiger partial charge in [-0.25, -0.2) is 4.39 Å². The fourth-order valence-electron chi connectivity index (χ4n) is 3.07. The predicted molar refractivity (Wildman–Crippen MR) is 91.4 cm³/mol. The van der Waals surface area contributed by atoms with Crippen LogP contribution in [0.2, 0.25) is 0 Å². The highest BCUT2D eigenvalue weighted by atomic mass is 19.1. The number of hydrogen-bond donors (Lipinski definition) is 3. The maximum absolute atomic E-state index is 13.3. The van der Waals surface area contributed by atoms with Crippen LogP contribution in [0.4, 0.5) is 4.39 Å². The molecule has 3 rings (SSSR count). The molecule has 6 heteroatoms. The number of aliphatic hydroxyl groups excluding tert-OH is 1. The topological polar surface area (TPSA) is 82.5 Å². The van der Waals surface area contributed by atoms with Crippen LogP contribution >= 0.6 is 0 Å². The molecule has 1 aliphatic rings. The SMILES string of the molecule is O=C(NC1CCC(O)(CO)CC1)c1ccc(-c2cccc(F)c2)nc1. The quantitative estimate of drug-likeness (QED) is 0.795. The molecular formula is C19H21FN2O3. The van der Waals surface area contributed by atoms with Crippen molar-refractivity contribution in [2.24, 2.45) is 0 Å². The summed E-state index contributed by atoms with van der Waals surface area (Å²) in [6, 6.07) is 9.46. The zero-order valence-electron chi connectivity index (χ0n) is 13.8. The Hall–Kier alpha value is -2.31. The van der Waals surface area contributed by atoms with Crippen LogP contribution in [0.3, 0.4) is 0 Å². The third-order valence-electron chi connectivity index (χ3n) is 4.69. The molecule has 1 fully saturated rings. The molecule has 1 saturated carbocycles. The molecule has 0 saturated heterocycles. The van der Waals surface area contributed by atoms with Crippen molar-refractivity contribution in [3.63, 3.8) is 0 Å². The van der Waals surface area contributed by atoms with E-state index >= 15 is 0 Å². The number of rotatable bonds is 4. The summed E-state index contributed by atoms with van der Waals surface area (Å²) in [5, 5.41) is 22.1. The van der Waals surface area contributed by atoms with Crippen LogP contribution in [0.25, 0.3) is 11.3 Å². The van der Waals surface area contributed by atoms with Gasteiger partial charge in [-0.05, 0) is 49.9 Å². The van der Waals surface area contributed by atoms with Gasteiger partial charge < -0.3 is 15.5 Å². The number of benzene rings is 1. The molecule has 1 aliphatic carbocycles. The first kappa shape index (κ1) is 17.5. The van der Waals surface area contributed by atoms with Gasteiger partial charge >= 0.3 is 0 Å². The highest BCUT2D eigenvalue weighted by Gasteiger charge is 2.33. The summed E-state index contributed by atoms with van der Waals surface area (Å²) in [4.78, 5) is 16.6. The molecule has 1 amide bonds. The first-order valence-corrected chi connectivity index (χ1v) is 8.35. The molecule has 0 spiro atoms. The maximum Gasteiger partial charge on any atom is 0.253 e. The van der Waals surface area contributed by atoms with Crippen molar-refractivity contribution < 1.29 is 19.4 Å². The Labute approximate surface area is 145 Å². The van der Waals surface area contributed by atoms with Crippen molar-refractivity contribution in [3.05, 3.63) is 54.0 Å². The number of halogens is 1. The highest BCUT2D eigenvalue weighted by molar-refractivity contribution is 5.94. The normalized spacial score (nSPS) is 23.2. The van der Waals surface area contributed by atoms with Crippen molar-refractivity contribution in [1.29, 1.82) is 0 Å². The average molecular weight is 344 g/mol. The van der Waals surface area contributed by atoms with Gasteiger partial charge in [0.2, 0.25) is 0 Å². The number of carbonyl (C=O) groups excluding carboxylic acids is 1. The van der Waals surface area contributed by atoms with E-state index in [0.717, 1.165) is 0 Å². The van der Waals surface area contributed by atoms with Gasteiger partial charge in [0.15, 0.2) is 0 Å². The van der Waals surface area contributed by atoms with Gasteiger partial charge in [0.1, 0.15) is 5.82 Å². The maximum atomic E-state index is 13.3. The van der Waals surface area contributed by atoms with E-state index in [1.54, 1.807) is 24.3 Å². The minimum atomic E-state index is -1.02. The number of nitrogens with one attached hydrogen (secondary N) is 1. The Bertz CT molecular complexity index is 741. The lowest BCUT2D eigenvalue weighted by molar-refractivity contribution is -0.0468. The number of aromatic nitrogens is 1. The van der Waals surface area contributed by atoms with Crippen LogP contribution in [0.1, 0.15) is 36.0 Å². The lowest BCUT2D eigenvalue weighted by atomic mass is 9.83. The Morgan fingerprint density at radius 3 is 2.64 bits per heavy atom. The van der Waals surface area contributed by atoms with Crippen LogP contribution in [-0.2, 0) is 0 Å². The molecule has 132 valence electrons. The van der Waals surface area contributed by atoms with Crippen molar-refractivity contribution in [3.8, 4) is 11.3 Å². The van der Waals surface area contributed by atoms with Gasteiger partial charge in [-0.1, -0.05) is 12.1 Å². The molecule has 0 atom stereocenters. The lowest BCUT2D eigenvalue weighted by Gasteiger charge is -2.34. The van der Waals surface area contributed by atoms with Crippen LogP contribution in [-0.4, -0.2) is 39.4 Å². The van der Waals surface area contributed by atoms with Crippen LogP contribution in [0.5, 0.6) is 0 Å². The zero-order chi connectivity index (χ0) is 17.9. The predicted octanol–water partition coefficient (Wildman–Crippen LogP) is 2.28. The number of aliphatic hydroxyl groups is 2. The summed E-state index contributed by atoms with van der Waals surface area (Å²) in [5.41, 5.74) is 0.669. The van der Waals surface area contributed by atoms with Crippen molar-refractivity contribution in [1.82, 2.24) is 10.3 Å². The fourth-order valence-corrected chi connectivity index (χ4v) is 3.07. The van der Waals surface area contributed by atoms with Crippen LogP contribution in [0.15, 0.2) is 42.6 Å². The molecular weight excluding hydrogens is 323 g/mol.